The highest BCUT2D eigenvalue weighted by atomic mass is 32.2. The molecule has 1 aromatic heterocycles. The molecule has 114 valence electrons. The van der Waals surface area contributed by atoms with E-state index in [9.17, 15) is 8.42 Å². The molecule has 0 bridgehead atoms. The van der Waals surface area contributed by atoms with Crippen LogP contribution in [-0.4, -0.2) is 32.4 Å². The number of aryl methyl sites for hydroxylation is 1. The SMILES string of the molecule is CNCc1cc(S(=O)(=O)N(CC2CC2)C(C)C)c(C)o1. The van der Waals surface area contributed by atoms with Crippen molar-refractivity contribution < 1.29 is 12.8 Å². The van der Waals surface area contributed by atoms with E-state index in [-0.39, 0.29) is 6.04 Å². The van der Waals surface area contributed by atoms with Gasteiger partial charge in [-0.3, -0.25) is 0 Å². The zero-order valence-corrected chi connectivity index (χ0v) is 13.5. The Morgan fingerprint density at radius 1 is 1.45 bits per heavy atom. The Morgan fingerprint density at radius 2 is 2.10 bits per heavy atom. The van der Waals surface area contributed by atoms with E-state index in [4.69, 9.17) is 4.42 Å². The lowest BCUT2D eigenvalue weighted by atomic mass is 10.3. The maximum atomic E-state index is 12.8. The van der Waals surface area contributed by atoms with Gasteiger partial charge in [-0.25, -0.2) is 8.42 Å². The van der Waals surface area contributed by atoms with Crippen LogP contribution in [0.5, 0.6) is 0 Å². The van der Waals surface area contributed by atoms with Gasteiger partial charge in [0.05, 0.1) is 6.54 Å². The van der Waals surface area contributed by atoms with Crippen LogP contribution in [0, 0.1) is 12.8 Å². The minimum absolute atomic E-state index is 0.0392. The molecule has 1 aromatic rings. The van der Waals surface area contributed by atoms with Crippen LogP contribution < -0.4 is 5.32 Å². The molecule has 0 amide bonds. The van der Waals surface area contributed by atoms with Crippen LogP contribution in [0.1, 0.15) is 38.2 Å². The van der Waals surface area contributed by atoms with Crippen LogP contribution in [0.25, 0.3) is 0 Å². The second kappa shape index (κ2) is 5.87. The third-order valence-electron chi connectivity index (χ3n) is 3.57. The predicted octanol–water partition coefficient (Wildman–Crippen LogP) is 2.12. The standard InChI is InChI=1S/C14H24N2O3S/c1-10(2)16(9-12-5-6-12)20(17,18)14-7-13(8-15-4)19-11(14)3/h7,10,12,15H,5-6,8-9H2,1-4H3. The van der Waals surface area contributed by atoms with Gasteiger partial charge in [-0.1, -0.05) is 0 Å². The molecule has 6 heteroatoms. The second-order valence-electron chi connectivity index (χ2n) is 5.78. The van der Waals surface area contributed by atoms with Crippen LogP contribution >= 0.6 is 0 Å². The molecule has 2 rings (SSSR count). The fourth-order valence-corrected chi connectivity index (χ4v) is 4.21. The molecule has 5 nitrogen and oxygen atoms in total. The number of nitrogens with zero attached hydrogens (tertiary/aromatic N) is 1. The van der Waals surface area contributed by atoms with Gasteiger partial charge in [-0.15, -0.1) is 0 Å². The molecule has 1 fully saturated rings. The highest BCUT2D eigenvalue weighted by molar-refractivity contribution is 7.89. The summed E-state index contributed by atoms with van der Waals surface area (Å²) < 4.78 is 32.8. The maximum absolute atomic E-state index is 12.8. The summed E-state index contributed by atoms with van der Waals surface area (Å²) in [6.07, 6.45) is 2.27. The molecule has 1 aliphatic rings. The summed E-state index contributed by atoms with van der Waals surface area (Å²) in [5, 5.41) is 2.97. The summed E-state index contributed by atoms with van der Waals surface area (Å²) >= 11 is 0. The lowest BCUT2D eigenvalue weighted by Crippen LogP contribution is -2.38. The Bertz CT molecular complexity index is 559. The Morgan fingerprint density at radius 3 is 2.60 bits per heavy atom. The molecule has 0 radical (unpaired) electrons. The third-order valence-corrected chi connectivity index (χ3v) is 5.72. The van der Waals surface area contributed by atoms with Gasteiger partial charge in [0, 0.05) is 18.7 Å². The minimum Gasteiger partial charge on any atom is -0.464 e. The van der Waals surface area contributed by atoms with Gasteiger partial charge in [0.1, 0.15) is 16.4 Å². The van der Waals surface area contributed by atoms with E-state index in [1.165, 1.54) is 0 Å². The summed E-state index contributed by atoms with van der Waals surface area (Å²) in [5.41, 5.74) is 0. The van der Waals surface area contributed by atoms with Crippen LogP contribution in [0.4, 0.5) is 0 Å². The number of furan rings is 1. The number of rotatable bonds is 7. The number of sulfonamides is 1. The molecule has 0 unspecified atom stereocenters. The van der Waals surface area contributed by atoms with E-state index in [0.29, 0.717) is 35.4 Å². The van der Waals surface area contributed by atoms with Gasteiger partial charge in [-0.2, -0.15) is 4.31 Å². The zero-order chi connectivity index (χ0) is 14.9. The molecular weight excluding hydrogens is 276 g/mol. The first-order valence-electron chi connectivity index (χ1n) is 7.12. The van der Waals surface area contributed by atoms with Gasteiger partial charge in [0.15, 0.2) is 0 Å². The summed E-state index contributed by atoms with van der Waals surface area (Å²) in [4.78, 5) is 0.303. The molecule has 0 spiro atoms. The molecule has 0 atom stereocenters. The molecule has 0 saturated heterocycles. The monoisotopic (exact) mass is 300 g/mol. The van der Waals surface area contributed by atoms with E-state index in [0.717, 1.165) is 12.8 Å². The number of hydrogen-bond donors (Lipinski definition) is 1. The van der Waals surface area contributed by atoms with Gasteiger partial charge >= 0.3 is 0 Å². The Balaban J connectivity index is 2.31. The summed E-state index contributed by atoms with van der Waals surface area (Å²) in [6, 6.07) is 1.60. The molecule has 0 aliphatic heterocycles. The lowest BCUT2D eigenvalue weighted by molar-refractivity contribution is 0.341. The lowest BCUT2D eigenvalue weighted by Gasteiger charge is -2.25. The van der Waals surface area contributed by atoms with Crippen LogP contribution in [-0.2, 0) is 16.6 Å². The maximum Gasteiger partial charge on any atom is 0.246 e. The van der Waals surface area contributed by atoms with E-state index in [1.807, 2.05) is 13.8 Å². The molecule has 1 aliphatic carbocycles. The van der Waals surface area contributed by atoms with Crippen molar-refractivity contribution in [1.82, 2.24) is 9.62 Å². The van der Waals surface area contributed by atoms with Crippen molar-refractivity contribution in [2.24, 2.45) is 5.92 Å². The van der Waals surface area contributed by atoms with Gasteiger partial charge in [-0.05, 0) is 46.6 Å². The molecular formula is C14H24N2O3S. The highest BCUT2D eigenvalue weighted by Crippen LogP contribution is 2.33. The first-order chi connectivity index (χ1) is 9.36. The summed E-state index contributed by atoms with van der Waals surface area (Å²) in [5.74, 6) is 1.64. The van der Waals surface area contributed by atoms with Crippen LogP contribution in [0.3, 0.4) is 0 Å². The largest absolute Gasteiger partial charge is 0.464 e. The molecule has 1 saturated carbocycles. The molecule has 0 aromatic carbocycles. The molecule has 1 heterocycles. The van der Waals surface area contributed by atoms with E-state index in [2.05, 4.69) is 5.32 Å². The fourth-order valence-electron chi connectivity index (χ4n) is 2.31. The summed E-state index contributed by atoms with van der Waals surface area (Å²) in [7, 11) is -1.67. The minimum atomic E-state index is -3.47. The topological polar surface area (TPSA) is 62.6 Å². The van der Waals surface area contributed by atoms with E-state index >= 15 is 0 Å². The fraction of sp³-hybridized carbons (Fsp3) is 0.714. The quantitative estimate of drug-likeness (QED) is 0.838. The van der Waals surface area contributed by atoms with Crippen LogP contribution in [0.2, 0.25) is 0 Å². The van der Waals surface area contributed by atoms with Gasteiger partial charge in [0.25, 0.3) is 0 Å². The Kier molecular flexibility index (Phi) is 4.56. The third kappa shape index (κ3) is 3.24. The van der Waals surface area contributed by atoms with Gasteiger partial charge in [0.2, 0.25) is 10.0 Å². The van der Waals surface area contributed by atoms with Crippen molar-refractivity contribution in [2.45, 2.75) is 51.1 Å². The van der Waals surface area contributed by atoms with Crippen molar-refractivity contribution in [1.29, 1.82) is 0 Å². The number of hydrogen-bond acceptors (Lipinski definition) is 4. The average Bonchev–Trinajstić information content (AvgIpc) is 3.09. The molecule has 1 N–H and O–H groups in total. The Labute approximate surface area is 121 Å². The van der Waals surface area contributed by atoms with Crippen molar-refractivity contribution in [3.05, 3.63) is 17.6 Å². The first kappa shape index (κ1) is 15.5. The smallest absolute Gasteiger partial charge is 0.246 e. The van der Waals surface area contributed by atoms with Gasteiger partial charge < -0.3 is 9.73 Å². The van der Waals surface area contributed by atoms with Crippen LogP contribution in [0.15, 0.2) is 15.4 Å². The summed E-state index contributed by atoms with van der Waals surface area (Å²) in [6.45, 7) is 6.70. The average molecular weight is 300 g/mol. The number of nitrogens with one attached hydrogen (secondary N) is 1. The second-order valence-corrected chi connectivity index (χ2v) is 7.63. The van der Waals surface area contributed by atoms with Crippen molar-refractivity contribution in [3.8, 4) is 0 Å². The van der Waals surface area contributed by atoms with Crippen molar-refractivity contribution in [3.63, 3.8) is 0 Å². The van der Waals surface area contributed by atoms with E-state index < -0.39 is 10.0 Å². The highest BCUT2D eigenvalue weighted by Gasteiger charge is 2.35. The van der Waals surface area contributed by atoms with Crippen molar-refractivity contribution >= 4 is 10.0 Å². The normalized spacial score (nSPS) is 16.3. The predicted molar refractivity (Wildman–Crippen MR) is 78.0 cm³/mol. The van der Waals surface area contributed by atoms with E-state index in [1.54, 1.807) is 24.3 Å². The zero-order valence-electron chi connectivity index (χ0n) is 12.6. The Hall–Kier alpha value is -0.850. The van der Waals surface area contributed by atoms with Crippen molar-refractivity contribution in [2.75, 3.05) is 13.6 Å². The molecule has 20 heavy (non-hydrogen) atoms. The first-order valence-corrected chi connectivity index (χ1v) is 8.56.